The number of amides is 1. The summed E-state index contributed by atoms with van der Waals surface area (Å²) in [5.74, 6) is 0.170. The average Bonchev–Trinajstić information content (AvgIpc) is 2.54. The summed E-state index contributed by atoms with van der Waals surface area (Å²) in [6.07, 6.45) is 1.60. The molecule has 1 aromatic rings. The van der Waals surface area contributed by atoms with Gasteiger partial charge in [-0.2, -0.15) is 0 Å². The van der Waals surface area contributed by atoms with Gasteiger partial charge < -0.3 is 5.32 Å². The van der Waals surface area contributed by atoms with Crippen LogP contribution in [0, 0.1) is 0 Å². The van der Waals surface area contributed by atoms with Gasteiger partial charge in [-0.1, -0.05) is 30.3 Å². The first-order valence-electron chi connectivity index (χ1n) is 4.20. The predicted molar refractivity (Wildman–Crippen MR) is 46.6 cm³/mol. The zero-order chi connectivity index (χ0) is 8.39. The van der Waals surface area contributed by atoms with Crippen molar-refractivity contribution in [2.24, 2.45) is 0 Å². The summed E-state index contributed by atoms with van der Waals surface area (Å²) < 4.78 is 0. The monoisotopic (exact) mass is 161 g/mol. The molecule has 0 aliphatic carbocycles. The maximum Gasteiger partial charge on any atom is 0.220 e. The van der Waals surface area contributed by atoms with Crippen LogP contribution in [-0.4, -0.2) is 5.91 Å². The second-order valence-electron chi connectivity index (χ2n) is 3.07. The minimum Gasteiger partial charge on any atom is -0.349 e. The van der Waals surface area contributed by atoms with Gasteiger partial charge in [-0.25, -0.2) is 0 Å². The second kappa shape index (κ2) is 2.97. The molecule has 1 fully saturated rings. The van der Waals surface area contributed by atoms with Crippen molar-refractivity contribution in [3.05, 3.63) is 35.9 Å². The van der Waals surface area contributed by atoms with Crippen molar-refractivity contribution >= 4 is 5.91 Å². The third-order valence-corrected chi connectivity index (χ3v) is 2.20. The molecule has 1 N–H and O–H groups in total. The first kappa shape index (κ1) is 7.35. The van der Waals surface area contributed by atoms with Gasteiger partial charge in [-0.3, -0.25) is 4.79 Å². The van der Waals surface area contributed by atoms with Crippen molar-refractivity contribution < 1.29 is 4.79 Å². The minimum atomic E-state index is 0.170. The van der Waals surface area contributed by atoms with Crippen LogP contribution in [0.3, 0.4) is 0 Å². The van der Waals surface area contributed by atoms with Gasteiger partial charge in [0.1, 0.15) is 0 Å². The number of nitrogens with one attached hydrogen (secondary N) is 1. The maximum absolute atomic E-state index is 10.9. The van der Waals surface area contributed by atoms with Crippen molar-refractivity contribution in [2.75, 3.05) is 0 Å². The highest BCUT2D eigenvalue weighted by atomic mass is 16.1. The van der Waals surface area contributed by atoms with E-state index in [2.05, 4.69) is 17.4 Å². The van der Waals surface area contributed by atoms with Gasteiger partial charge in [-0.05, 0) is 12.0 Å². The molecule has 0 spiro atoms. The Morgan fingerprint density at radius 1 is 1.25 bits per heavy atom. The lowest BCUT2D eigenvalue weighted by Crippen LogP contribution is -2.17. The fourth-order valence-electron chi connectivity index (χ4n) is 1.55. The van der Waals surface area contributed by atoms with Crippen LogP contribution >= 0.6 is 0 Å². The number of rotatable bonds is 1. The minimum absolute atomic E-state index is 0.170. The van der Waals surface area contributed by atoms with E-state index in [0.29, 0.717) is 6.42 Å². The van der Waals surface area contributed by atoms with E-state index in [0.717, 1.165) is 6.42 Å². The first-order valence-corrected chi connectivity index (χ1v) is 4.20. The van der Waals surface area contributed by atoms with Gasteiger partial charge in [0, 0.05) is 6.42 Å². The molecular weight excluding hydrogens is 150 g/mol. The fourth-order valence-corrected chi connectivity index (χ4v) is 1.55. The van der Waals surface area contributed by atoms with Gasteiger partial charge in [0.15, 0.2) is 0 Å². The number of benzene rings is 1. The van der Waals surface area contributed by atoms with Gasteiger partial charge in [-0.15, -0.1) is 0 Å². The van der Waals surface area contributed by atoms with E-state index in [-0.39, 0.29) is 11.9 Å². The largest absolute Gasteiger partial charge is 0.349 e. The van der Waals surface area contributed by atoms with Crippen molar-refractivity contribution in [2.45, 2.75) is 18.9 Å². The second-order valence-corrected chi connectivity index (χ2v) is 3.07. The van der Waals surface area contributed by atoms with Crippen LogP contribution in [-0.2, 0) is 4.79 Å². The molecule has 1 saturated heterocycles. The molecule has 1 amide bonds. The van der Waals surface area contributed by atoms with E-state index in [1.165, 1.54) is 5.56 Å². The van der Waals surface area contributed by atoms with Crippen molar-refractivity contribution in [3.8, 4) is 0 Å². The Morgan fingerprint density at radius 3 is 2.58 bits per heavy atom. The average molecular weight is 161 g/mol. The topological polar surface area (TPSA) is 29.1 Å². The first-order chi connectivity index (χ1) is 5.86. The van der Waals surface area contributed by atoms with E-state index in [9.17, 15) is 4.79 Å². The summed E-state index contributed by atoms with van der Waals surface area (Å²) in [5.41, 5.74) is 1.21. The van der Waals surface area contributed by atoms with Gasteiger partial charge in [0.05, 0.1) is 6.04 Å². The summed E-state index contributed by atoms with van der Waals surface area (Å²) in [6.45, 7) is 0. The third kappa shape index (κ3) is 1.33. The van der Waals surface area contributed by atoms with Gasteiger partial charge in [0.25, 0.3) is 0 Å². The fraction of sp³-hybridized carbons (Fsp3) is 0.300. The maximum atomic E-state index is 10.9. The van der Waals surface area contributed by atoms with E-state index < -0.39 is 0 Å². The number of carbonyl (C=O) groups excluding carboxylic acids is 1. The van der Waals surface area contributed by atoms with Crippen LogP contribution in [0.15, 0.2) is 30.3 Å². The summed E-state index contributed by atoms with van der Waals surface area (Å²) >= 11 is 0. The normalized spacial score (nSPS) is 22.3. The Morgan fingerprint density at radius 2 is 2.00 bits per heavy atom. The van der Waals surface area contributed by atoms with Crippen molar-refractivity contribution in [1.82, 2.24) is 5.32 Å². The SMILES string of the molecule is O=C1CCC(c2ccccc2)N1. The Labute approximate surface area is 71.6 Å². The Hall–Kier alpha value is -1.31. The number of hydrogen-bond acceptors (Lipinski definition) is 1. The molecule has 1 aliphatic rings. The van der Waals surface area contributed by atoms with Gasteiger partial charge in [0.2, 0.25) is 5.91 Å². The molecule has 0 bridgehead atoms. The lowest BCUT2D eigenvalue weighted by Gasteiger charge is -2.08. The molecule has 1 unspecified atom stereocenters. The highest BCUT2D eigenvalue weighted by molar-refractivity contribution is 5.78. The molecule has 12 heavy (non-hydrogen) atoms. The van der Waals surface area contributed by atoms with E-state index in [1.54, 1.807) is 0 Å². The van der Waals surface area contributed by atoms with Crippen LogP contribution in [0.4, 0.5) is 0 Å². The molecule has 1 heterocycles. The lowest BCUT2D eigenvalue weighted by atomic mass is 10.1. The molecule has 2 heteroatoms. The molecule has 0 aromatic heterocycles. The molecule has 1 atom stereocenters. The Bertz CT molecular complexity index is 281. The standard InChI is InChI=1S/C10H11NO/c12-10-7-6-9(11-10)8-4-2-1-3-5-8/h1-5,9H,6-7H2,(H,11,12). The van der Waals surface area contributed by atoms with Crippen molar-refractivity contribution in [3.63, 3.8) is 0 Å². The zero-order valence-corrected chi connectivity index (χ0v) is 6.79. The summed E-state index contributed by atoms with van der Waals surface area (Å²) in [5, 5.41) is 2.93. The summed E-state index contributed by atoms with van der Waals surface area (Å²) in [6, 6.07) is 10.3. The smallest absolute Gasteiger partial charge is 0.220 e. The van der Waals surface area contributed by atoms with Crippen molar-refractivity contribution in [1.29, 1.82) is 0 Å². The zero-order valence-electron chi connectivity index (χ0n) is 6.79. The van der Waals surface area contributed by atoms with E-state index in [4.69, 9.17) is 0 Å². The molecular formula is C10H11NO. The molecule has 2 nitrogen and oxygen atoms in total. The highest BCUT2D eigenvalue weighted by Gasteiger charge is 2.21. The molecule has 0 radical (unpaired) electrons. The summed E-state index contributed by atoms with van der Waals surface area (Å²) in [7, 11) is 0. The molecule has 1 aromatic carbocycles. The quantitative estimate of drug-likeness (QED) is 0.666. The van der Waals surface area contributed by atoms with Crippen LogP contribution in [0.1, 0.15) is 24.4 Å². The van der Waals surface area contributed by atoms with Gasteiger partial charge >= 0.3 is 0 Å². The Balaban J connectivity index is 2.16. The Kier molecular flexibility index (Phi) is 1.82. The van der Waals surface area contributed by atoms with E-state index in [1.807, 2.05) is 18.2 Å². The summed E-state index contributed by atoms with van der Waals surface area (Å²) in [4.78, 5) is 10.9. The number of carbonyl (C=O) groups is 1. The van der Waals surface area contributed by atoms with Crippen LogP contribution in [0.2, 0.25) is 0 Å². The highest BCUT2D eigenvalue weighted by Crippen LogP contribution is 2.22. The van der Waals surface area contributed by atoms with Crippen LogP contribution in [0.25, 0.3) is 0 Å². The molecule has 0 saturated carbocycles. The number of hydrogen-bond donors (Lipinski definition) is 1. The molecule has 62 valence electrons. The van der Waals surface area contributed by atoms with E-state index >= 15 is 0 Å². The molecule has 1 aliphatic heterocycles. The third-order valence-electron chi connectivity index (χ3n) is 2.20. The van der Waals surface area contributed by atoms with Crippen LogP contribution in [0.5, 0.6) is 0 Å². The van der Waals surface area contributed by atoms with Crippen LogP contribution < -0.4 is 5.32 Å². The lowest BCUT2D eigenvalue weighted by molar-refractivity contribution is -0.119. The predicted octanol–water partition coefficient (Wildman–Crippen LogP) is 1.64. The molecule has 2 rings (SSSR count).